The molecule has 0 amide bonds. The first kappa shape index (κ1) is 14.9. The Hall–Kier alpha value is -0.980. The van der Waals surface area contributed by atoms with E-state index >= 15 is 0 Å². The highest BCUT2D eigenvalue weighted by atomic mass is 32.2. The molecule has 0 atom stereocenters. The Labute approximate surface area is 131 Å². The molecule has 114 valence electrons. The molecule has 0 heterocycles. The van der Waals surface area contributed by atoms with Crippen molar-refractivity contribution in [1.82, 2.24) is 4.31 Å². The summed E-state index contributed by atoms with van der Waals surface area (Å²) >= 11 is 5.02. The third-order valence-electron chi connectivity index (χ3n) is 4.07. The fraction of sp³-hybridized carbons (Fsp3) is 0.533. The molecular weight excluding hydrogens is 304 g/mol. The van der Waals surface area contributed by atoms with E-state index in [-0.39, 0.29) is 16.8 Å². The van der Waals surface area contributed by atoms with E-state index in [1.807, 2.05) is 12.1 Å². The summed E-state index contributed by atoms with van der Waals surface area (Å²) in [6.07, 6.45) is 4.29. The summed E-state index contributed by atoms with van der Waals surface area (Å²) in [4.78, 5) is 0.251. The molecule has 6 heteroatoms. The van der Waals surface area contributed by atoms with Gasteiger partial charge in [-0.05, 0) is 37.2 Å². The van der Waals surface area contributed by atoms with E-state index in [2.05, 4.69) is 0 Å². The first-order chi connectivity index (χ1) is 9.97. The van der Waals surface area contributed by atoms with Gasteiger partial charge < -0.3 is 5.73 Å². The molecule has 1 aromatic carbocycles. The average molecular weight is 324 g/mol. The smallest absolute Gasteiger partial charge is 0.218 e. The molecule has 4 nitrogen and oxygen atoms in total. The zero-order valence-electron chi connectivity index (χ0n) is 11.9. The van der Waals surface area contributed by atoms with Crippen molar-refractivity contribution in [2.45, 2.75) is 37.5 Å². The van der Waals surface area contributed by atoms with Gasteiger partial charge in [0, 0.05) is 18.2 Å². The Morgan fingerprint density at radius 2 is 1.90 bits per heavy atom. The number of sulfonamides is 1. The van der Waals surface area contributed by atoms with Crippen LogP contribution in [0.1, 0.15) is 36.8 Å². The third kappa shape index (κ3) is 3.62. The lowest BCUT2D eigenvalue weighted by atomic mass is 10.1. The van der Waals surface area contributed by atoms with Gasteiger partial charge in [-0.25, -0.2) is 8.42 Å². The van der Waals surface area contributed by atoms with Crippen molar-refractivity contribution in [3.63, 3.8) is 0 Å². The van der Waals surface area contributed by atoms with Crippen molar-refractivity contribution in [2.24, 2.45) is 11.7 Å². The number of nitrogens with zero attached hydrogens (tertiary/aromatic N) is 1. The van der Waals surface area contributed by atoms with Crippen LogP contribution in [0.2, 0.25) is 0 Å². The zero-order valence-corrected chi connectivity index (χ0v) is 13.5. The van der Waals surface area contributed by atoms with Crippen LogP contribution in [-0.4, -0.2) is 30.3 Å². The number of benzene rings is 1. The average Bonchev–Trinajstić information content (AvgIpc) is 3.28. The van der Waals surface area contributed by atoms with Crippen molar-refractivity contribution in [1.29, 1.82) is 0 Å². The van der Waals surface area contributed by atoms with Crippen molar-refractivity contribution in [3.05, 3.63) is 35.4 Å². The van der Waals surface area contributed by atoms with Gasteiger partial charge in [-0.2, -0.15) is 4.31 Å². The van der Waals surface area contributed by atoms with Gasteiger partial charge in [-0.1, -0.05) is 36.5 Å². The number of hydrogen-bond acceptors (Lipinski definition) is 3. The minimum absolute atomic E-state index is 0.0102. The van der Waals surface area contributed by atoms with Crippen LogP contribution in [0.15, 0.2) is 24.3 Å². The van der Waals surface area contributed by atoms with Gasteiger partial charge in [0.15, 0.2) is 0 Å². The highest BCUT2D eigenvalue weighted by Gasteiger charge is 2.40. The quantitative estimate of drug-likeness (QED) is 0.780. The van der Waals surface area contributed by atoms with Crippen LogP contribution >= 0.6 is 12.2 Å². The lowest BCUT2D eigenvalue weighted by Gasteiger charge is -2.22. The highest BCUT2D eigenvalue weighted by Crippen LogP contribution is 2.37. The minimum atomic E-state index is -3.31. The normalized spacial score (nSPS) is 18.9. The Bertz CT molecular complexity index is 649. The summed E-state index contributed by atoms with van der Waals surface area (Å²) < 4.78 is 27.2. The van der Waals surface area contributed by atoms with Crippen LogP contribution in [0, 0.1) is 5.92 Å². The predicted octanol–water partition coefficient (Wildman–Crippen LogP) is 2.02. The standard InChI is InChI=1S/C15H20N2O2S2/c16-15(20)14-4-2-1-3-12(14)10-21(18,19)17(13-7-8-13)9-11-5-6-11/h1-4,11,13H,5-10H2,(H2,16,20). The molecule has 0 radical (unpaired) electrons. The van der Waals surface area contributed by atoms with Crippen LogP contribution in [0.3, 0.4) is 0 Å². The van der Waals surface area contributed by atoms with Gasteiger partial charge in [0.1, 0.15) is 4.99 Å². The van der Waals surface area contributed by atoms with E-state index in [0.29, 0.717) is 23.6 Å². The molecule has 0 aromatic heterocycles. The van der Waals surface area contributed by atoms with Crippen molar-refractivity contribution < 1.29 is 8.42 Å². The molecule has 0 spiro atoms. The van der Waals surface area contributed by atoms with Crippen LogP contribution in [0.25, 0.3) is 0 Å². The van der Waals surface area contributed by atoms with Crippen LogP contribution in [-0.2, 0) is 15.8 Å². The molecule has 0 saturated heterocycles. The highest BCUT2D eigenvalue weighted by molar-refractivity contribution is 7.88. The van der Waals surface area contributed by atoms with Gasteiger partial charge in [0.2, 0.25) is 10.0 Å². The molecule has 0 bridgehead atoms. The second-order valence-electron chi connectivity index (χ2n) is 6.02. The second kappa shape index (κ2) is 5.66. The topological polar surface area (TPSA) is 63.4 Å². The molecular formula is C15H20N2O2S2. The largest absolute Gasteiger partial charge is 0.389 e. The maximum absolute atomic E-state index is 12.8. The number of rotatable bonds is 7. The minimum Gasteiger partial charge on any atom is -0.389 e. The Kier molecular flexibility index (Phi) is 4.03. The molecule has 21 heavy (non-hydrogen) atoms. The van der Waals surface area contributed by atoms with Crippen molar-refractivity contribution in [2.75, 3.05) is 6.54 Å². The van der Waals surface area contributed by atoms with E-state index in [1.165, 1.54) is 0 Å². The van der Waals surface area contributed by atoms with Crippen LogP contribution in [0.4, 0.5) is 0 Å². The Balaban J connectivity index is 1.82. The summed E-state index contributed by atoms with van der Waals surface area (Å²) in [5.41, 5.74) is 7.06. The maximum Gasteiger partial charge on any atom is 0.218 e. The van der Waals surface area contributed by atoms with Gasteiger partial charge in [-0.3, -0.25) is 0 Å². The van der Waals surface area contributed by atoms with Gasteiger partial charge in [0.25, 0.3) is 0 Å². The lowest BCUT2D eigenvalue weighted by Crippen LogP contribution is -2.36. The van der Waals surface area contributed by atoms with Crippen LogP contribution in [0.5, 0.6) is 0 Å². The summed E-state index contributed by atoms with van der Waals surface area (Å²) in [6.45, 7) is 0.683. The summed E-state index contributed by atoms with van der Waals surface area (Å²) in [5, 5.41) is 0. The van der Waals surface area contributed by atoms with Crippen molar-refractivity contribution >= 4 is 27.2 Å². The first-order valence-electron chi connectivity index (χ1n) is 7.34. The molecule has 2 saturated carbocycles. The van der Waals surface area contributed by atoms with E-state index in [1.54, 1.807) is 16.4 Å². The van der Waals surface area contributed by atoms with Gasteiger partial charge in [-0.15, -0.1) is 0 Å². The molecule has 2 aliphatic rings. The maximum atomic E-state index is 12.8. The SMILES string of the molecule is NC(=S)c1ccccc1CS(=O)(=O)N(CC1CC1)C1CC1. The molecule has 0 aliphatic heterocycles. The third-order valence-corrected chi connectivity index (χ3v) is 6.12. The molecule has 1 aromatic rings. The molecule has 3 rings (SSSR count). The fourth-order valence-electron chi connectivity index (χ4n) is 2.57. The summed E-state index contributed by atoms with van der Waals surface area (Å²) in [7, 11) is -3.31. The predicted molar refractivity (Wildman–Crippen MR) is 87.4 cm³/mol. The Morgan fingerprint density at radius 3 is 2.48 bits per heavy atom. The molecule has 0 unspecified atom stereocenters. The second-order valence-corrected chi connectivity index (χ2v) is 8.38. The van der Waals surface area contributed by atoms with E-state index < -0.39 is 10.0 Å². The van der Waals surface area contributed by atoms with Gasteiger partial charge in [0.05, 0.1) is 5.75 Å². The monoisotopic (exact) mass is 324 g/mol. The summed E-state index contributed by atoms with van der Waals surface area (Å²) in [5.74, 6) is 0.551. The lowest BCUT2D eigenvalue weighted by molar-refractivity contribution is 0.388. The van der Waals surface area contributed by atoms with E-state index in [9.17, 15) is 8.42 Å². The number of thiocarbonyl (C=S) groups is 1. The Morgan fingerprint density at radius 1 is 1.24 bits per heavy atom. The first-order valence-corrected chi connectivity index (χ1v) is 9.36. The zero-order chi connectivity index (χ0) is 15.0. The molecule has 2 aliphatic carbocycles. The van der Waals surface area contributed by atoms with Crippen LogP contribution < -0.4 is 5.73 Å². The van der Waals surface area contributed by atoms with Crippen molar-refractivity contribution in [3.8, 4) is 0 Å². The number of hydrogen-bond donors (Lipinski definition) is 1. The number of nitrogens with two attached hydrogens (primary N) is 1. The van der Waals surface area contributed by atoms with E-state index in [0.717, 1.165) is 25.7 Å². The van der Waals surface area contributed by atoms with Gasteiger partial charge >= 0.3 is 0 Å². The fourth-order valence-corrected chi connectivity index (χ4v) is 4.69. The molecule has 2 fully saturated rings. The molecule has 2 N–H and O–H groups in total. The summed E-state index contributed by atoms with van der Waals surface area (Å²) in [6, 6.07) is 7.46. The van der Waals surface area contributed by atoms with E-state index in [4.69, 9.17) is 18.0 Å².